The molecule has 4 nitrogen and oxygen atoms in total. The Bertz CT molecular complexity index is 887. The van der Waals surface area contributed by atoms with Crippen LogP contribution in [0.2, 0.25) is 0 Å². The second-order valence-corrected chi connectivity index (χ2v) is 8.66. The largest absolute Gasteiger partial charge is 0.362 e. The van der Waals surface area contributed by atoms with E-state index in [-0.39, 0.29) is 17.5 Å². The Kier molecular flexibility index (Phi) is 5.41. The summed E-state index contributed by atoms with van der Waals surface area (Å²) in [6.45, 7) is 3.40. The van der Waals surface area contributed by atoms with Gasteiger partial charge in [-0.15, -0.1) is 0 Å². The minimum Gasteiger partial charge on any atom is -0.362 e. The van der Waals surface area contributed by atoms with Gasteiger partial charge in [-0.25, -0.2) is 4.39 Å². The summed E-state index contributed by atoms with van der Waals surface area (Å²) in [5.41, 5.74) is 3.09. The molecule has 6 heteroatoms. The molecule has 1 N–H and O–H groups in total. The summed E-state index contributed by atoms with van der Waals surface area (Å²) in [6.07, 6.45) is 6.39. The van der Waals surface area contributed by atoms with E-state index in [0.29, 0.717) is 22.9 Å². The number of likely N-dealkylation sites (tertiary alicyclic amines) is 1. The monoisotopic (exact) mass is 446 g/mol. The predicted octanol–water partition coefficient (Wildman–Crippen LogP) is 4.42. The molecule has 148 valence electrons. The molecule has 1 aromatic rings. The Morgan fingerprint density at radius 3 is 2.68 bits per heavy atom. The quantitative estimate of drug-likeness (QED) is 0.730. The highest BCUT2D eigenvalue weighted by Crippen LogP contribution is 2.44. The number of piperidine rings is 1. The molecule has 1 aromatic carbocycles. The predicted molar refractivity (Wildman–Crippen MR) is 109 cm³/mol. The van der Waals surface area contributed by atoms with E-state index in [0.717, 1.165) is 49.3 Å². The van der Waals surface area contributed by atoms with Crippen molar-refractivity contribution in [2.75, 3.05) is 13.1 Å². The second kappa shape index (κ2) is 7.82. The van der Waals surface area contributed by atoms with E-state index >= 15 is 0 Å². The number of hydrogen-bond acceptors (Lipinski definition) is 3. The maximum Gasteiger partial charge on any atom is 0.252 e. The average Bonchev–Trinajstić information content (AvgIpc) is 2.69. The summed E-state index contributed by atoms with van der Waals surface area (Å²) in [5, 5.41) is 3.33. The minimum absolute atomic E-state index is 0.00688. The third-order valence-corrected chi connectivity index (χ3v) is 6.60. The average molecular weight is 447 g/mol. The van der Waals surface area contributed by atoms with Gasteiger partial charge in [0.1, 0.15) is 11.6 Å². The highest BCUT2D eigenvalue weighted by molar-refractivity contribution is 9.10. The lowest BCUT2D eigenvalue weighted by atomic mass is 9.70. The summed E-state index contributed by atoms with van der Waals surface area (Å²) in [6, 6.07) is 4.81. The molecule has 1 aliphatic carbocycles. The van der Waals surface area contributed by atoms with Gasteiger partial charge in [-0.3, -0.25) is 9.59 Å². The van der Waals surface area contributed by atoms with Crippen molar-refractivity contribution in [3.63, 3.8) is 0 Å². The number of fused-ring (bicyclic) bond motifs is 1. The van der Waals surface area contributed by atoms with Crippen molar-refractivity contribution in [3.05, 3.63) is 57.1 Å². The first-order chi connectivity index (χ1) is 13.5. The molecule has 2 unspecified atom stereocenters. The van der Waals surface area contributed by atoms with Crippen LogP contribution in [0.15, 0.2) is 45.7 Å². The number of allylic oxidation sites excluding steroid dienone is 3. The van der Waals surface area contributed by atoms with E-state index in [1.54, 1.807) is 12.1 Å². The number of benzene rings is 1. The van der Waals surface area contributed by atoms with Gasteiger partial charge >= 0.3 is 0 Å². The van der Waals surface area contributed by atoms with E-state index in [2.05, 4.69) is 27.3 Å². The van der Waals surface area contributed by atoms with Gasteiger partial charge in [0.05, 0.1) is 10.4 Å². The standard InChI is InChI=1S/C22H24BrFN2O2/c1-13-19(22(28)26-10-3-2-4-11-26)20(14-8-9-16(24)15(23)12-14)21-17(25-13)6-5-7-18(21)27/h6,8-9,12,20-21,25H,2-5,7,10-11H2,1H3. The van der Waals surface area contributed by atoms with Crippen LogP contribution in [0, 0.1) is 11.7 Å². The molecule has 28 heavy (non-hydrogen) atoms. The van der Waals surface area contributed by atoms with Gasteiger partial charge < -0.3 is 10.2 Å². The molecule has 1 fully saturated rings. The van der Waals surface area contributed by atoms with Crippen molar-refractivity contribution in [3.8, 4) is 0 Å². The first-order valence-electron chi connectivity index (χ1n) is 9.92. The number of Topliss-reactive ketones (excluding diaryl/α,β-unsaturated/α-hetero) is 1. The zero-order valence-corrected chi connectivity index (χ0v) is 17.5. The molecule has 0 aromatic heterocycles. The number of halogens is 2. The van der Waals surface area contributed by atoms with E-state index in [9.17, 15) is 14.0 Å². The minimum atomic E-state index is -0.418. The molecular weight excluding hydrogens is 423 g/mol. The molecule has 2 heterocycles. The van der Waals surface area contributed by atoms with Crippen LogP contribution in [-0.2, 0) is 9.59 Å². The molecule has 2 atom stereocenters. The molecule has 0 radical (unpaired) electrons. The van der Waals surface area contributed by atoms with Crippen LogP contribution in [0.4, 0.5) is 4.39 Å². The molecule has 1 amide bonds. The van der Waals surface area contributed by atoms with E-state index in [1.807, 2.05) is 11.8 Å². The maximum absolute atomic E-state index is 13.9. The number of rotatable bonds is 2. The molecule has 1 saturated heterocycles. The second-order valence-electron chi connectivity index (χ2n) is 7.81. The Morgan fingerprint density at radius 1 is 1.21 bits per heavy atom. The Morgan fingerprint density at radius 2 is 1.96 bits per heavy atom. The fraction of sp³-hybridized carbons (Fsp3) is 0.455. The van der Waals surface area contributed by atoms with Crippen molar-refractivity contribution >= 4 is 27.6 Å². The van der Waals surface area contributed by atoms with Gasteiger partial charge in [0.2, 0.25) is 0 Å². The van der Waals surface area contributed by atoms with E-state index < -0.39 is 11.8 Å². The van der Waals surface area contributed by atoms with E-state index in [1.165, 1.54) is 6.07 Å². The van der Waals surface area contributed by atoms with Crippen molar-refractivity contribution < 1.29 is 14.0 Å². The number of nitrogens with one attached hydrogen (secondary N) is 1. The lowest BCUT2D eigenvalue weighted by Gasteiger charge is -2.40. The number of nitrogens with zero attached hydrogens (tertiary/aromatic N) is 1. The summed E-state index contributed by atoms with van der Waals surface area (Å²) in [7, 11) is 0. The highest BCUT2D eigenvalue weighted by atomic mass is 79.9. The topological polar surface area (TPSA) is 49.4 Å². The van der Waals surface area contributed by atoms with Gasteiger partial charge in [-0.2, -0.15) is 0 Å². The number of carbonyl (C=O) groups is 2. The summed E-state index contributed by atoms with van der Waals surface area (Å²) in [5.74, 6) is -1.04. The number of ketones is 1. The van der Waals surface area contributed by atoms with Crippen LogP contribution < -0.4 is 5.32 Å². The fourth-order valence-corrected chi connectivity index (χ4v) is 5.03. The van der Waals surface area contributed by atoms with Crippen molar-refractivity contribution in [2.45, 2.75) is 44.9 Å². The smallest absolute Gasteiger partial charge is 0.252 e. The SMILES string of the molecule is CC1=C(C(=O)N2CCCCC2)C(c2ccc(F)c(Br)c2)C2C(=O)CCC=C2N1. The van der Waals surface area contributed by atoms with Crippen LogP contribution in [0.25, 0.3) is 0 Å². The molecule has 0 spiro atoms. The third-order valence-electron chi connectivity index (χ3n) is 5.99. The van der Waals surface area contributed by atoms with Gasteiger partial charge in [0.15, 0.2) is 0 Å². The third kappa shape index (κ3) is 3.43. The first-order valence-corrected chi connectivity index (χ1v) is 10.7. The fourth-order valence-electron chi connectivity index (χ4n) is 4.63. The van der Waals surface area contributed by atoms with Crippen LogP contribution in [0.5, 0.6) is 0 Å². The van der Waals surface area contributed by atoms with Gasteiger partial charge in [0, 0.05) is 42.4 Å². The van der Waals surface area contributed by atoms with Crippen molar-refractivity contribution in [2.24, 2.45) is 5.92 Å². The Hall–Kier alpha value is -1.95. The van der Waals surface area contributed by atoms with E-state index in [4.69, 9.17) is 0 Å². The summed E-state index contributed by atoms with van der Waals surface area (Å²) >= 11 is 3.26. The van der Waals surface area contributed by atoms with Crippen molar-refractivity contribution in [1.29, 1.82) is 0 Å². The molecular formula is C22H24BrFN2O2. The zero-order valence-electron chi connectivity index (χ0n) is 15.9. The molecule has 0 bridgehead atoms. The van der Waals surface area contributed by atoms with Crippen LogP contribution in [0.1, 0.15) is 50.5 Å². The summed E-state index contributed by atoms with van der Waals surface area (Å²) < 4.78 is 14.2. The van der Waals surface area contributed by atoms with Crippen LogP contribution in [0.3, 0.4) is 0 Å². The van der Waals surface area contributed by atoms with Crippen LogP contribution in [-0.4, -0.2) is 29.7 Å². The molecule has 3 aliphatic rings. The van der Waals surface area contributed by atoms with Crippen molar-refractivity contribution in [1.82, 2.24) is 10.2 Å². The van der Waals surface area contributed by atoms with Gasteiger partial charge in [0.25, 0.3) is 5.91 Å². The lowest BCUT2D eigenvalue weighted by molar-refractivity contribution is -0.129. The number of amides is 1. The normalized spacial score (nSPS) is 25.2. The Labute approximate surface area is 173 Å². The number of hydrogen-bond donors (Lipinski definition) is 1. The van der Waals surface area contributed by atoms with Crippen LogP contribution >= 0.6 is 15.9 Å². The maximum atomic E-state index is 13.9. The van der Waals surface area contributed by atoms with Gasteiger partial charge in [-0.1, -0.05) is 12.1 Å². The summed E-state index contributed by atoms with van der Waals surface area (Å²) in [4.78, 5) is 28.3. The number of carbonyl (C=O) groups excluding carboxylic acids is 2. The zero-order chi connectivity index (χ0) is 19.8. The molecule has 4 rings (SSSR count). The highest BCUT2D eigenvalue weighted by Gasteiger charge is 2.43. The molecule has 0 saturated carbocycles. The van der Waals surface area contributed by atoms with Gasteiger partial charge in [-0.05, 0) is 66.2 Å². The lowest BCUT2D eigenvalue weighted by Crippen LogP contribution is -2.45. The Balaban J connectivity index is 1.83. The first kappa shape index (κ1) is 19.4. The molecule has 2 aliphatic heterocycles.